The highest BCUT2D eigenvalue weighted by Gasteiger charge is 2.21. The van der Waals surface area contributed by atoms with Crippen molar-refractivity contribution < 1.29 is 0 Å². The summed E-state index contributed by atoms with van der Waals surface area (Å²) in [6.45, 7) is 0.698. The Morgan fingerprint density at radius 1 is 1.69 bits per heavy atom. The van der Waals surface area contributed by atoms with E-state index < -0.39 is 0 Å². The summed E-state index contributed by atoms with van der Waals surface area (Å²) >= 11 is 1.71. The number of nitrogens with one attached hydrogen (secondary N) is 1. The van der Waals surface area contributed by atoms with Crippen LogP contribution in [0.2, 0.25) is 0 Å². The van der Waals surface area contributed by atoms with Gasteiger partial charge in [0.15, 0.2) is 5.96 Å². The van der Waals surface area contributed by atoms with E-state index in [-0.39, 0.29) is 0 Å². The third-order valence-electron chi connectivity index (χ3n) is 1.91. The molecule has 3 nitrogen and oxygen atoms in total. The predicted molar refractivity (Wildman–Crippen MR) is 55.8 cm³/mol. The third-order valence-corrected chi connectivity index (χ3v) is 2.78. The molecule has 0 spiro atoms. The van der Waals surface area contributed by atoms with Crippen LogP contribution in [0.1, 0.15) is 17.7 Å². The number of guanidine groups is 1. The van der Waals surface area contributed by atoms with E-state index in [9.17, 15) is 0 Å². The van der Waals surface area contributed by atoms with Crippen LogP contribution in [0.15, 0.2) is 22.5 Å². The Hall–Kier alpha value is -1.03. The maximum Gasteiger partial charge on any atom is 0.189 e. The fourth-order valence-electron chi connectivity index (χ4n) is 1.05. The average Bonchev–Trinajstić information content (AvgIpc) is 2.78. The van der Waals surface area contributed by atoms with E-state index in [1.165, 1.54) is 17.7 Å². The summed E-state index contributed by atoms with van der Waals surface area (Å²) < 4.78 is 0. The number of rotatable bonds is 3. The molecule has 0 bridgehead atoms. The summed E-state index contributed by atoms with van der Waals surface area (Å²) in [5, 5.41) is 5.20. The molecule has 0 aromatic carbocycles. The molecule has 1 aromatic rings. The maximum atomic E-state index is 5.67. The number of hydrogen-bond acceptors (Lipinski definition) is 2. The van der Waals surface area contributed by atoms with Crippen LogP contribution >= 0.6 is 11.3 Å². The van der Waals surface area contributed by atoms with Crippen LogP contribution in [0.5, 0.6) is 0 Å². The number of aliphatic imine (C=N–C) groups is 1. The van der Waals surface area contributed by atoms with E-state index >= 15 is 0 Å². The van der Waals surface area contributed by atoms with Gasteiger partial charge in [0, 0.05) is 10.9 Å². The van der Waals surface area contributed by atoms with Crippen LogP contribution in [-0.4, -0.2) is 12.0 Å². The van der Waals surface area contributed by atoms with Crippen LogP contribution in [0, 0.1) is 0 Å². The fourth-order valence-corrected chi connectivity index (χ4v) is 1.68. The van der Waals surface area contributed by atoms with Crippen LogP contribution in [0.3, 0.4) is 0 Å². The third kappa shape index (κ3) is 2.73. The first kappa shape index (κ1) is 8.56. The second kappa shape index (κ2) is 3.79. The van der Waals surface area contributed by atoms with Crippen molar-refractivity contribution in [2.75, 3.05) is 0 Å². The molecule has 3 N–H and O–H groups in total. The van der Waals surface area contributed by atoms with Gasteiger partial charge in [-0.1, -0.05) is 6.07 Å². The van der Waals surface area contributed by atoms with Gasteiger partial charge in [-0.25, -0.2) is 4.99 Å². The first-order valence-electron chi connectivity index (χ1n) is 4.43. The van der Waals surface area contributed by atoms with Gasteiger partial charge in [0.25, 0.3) is 0 Å². The van der Waals surface area contributed by atoms with E-state index in [1.807, 2.05) is 6.07 Å². The van der Waals surface area contributed by atoms with Crippen LogP contribution in [0.4, 0.5) is 0 Å². The minimum absolute atomic E-state index is 0.580. The van der Waals surface area contributed by atoms with E-state index in [0.717, 1.165) is 0 Å². The molecule has 0 amide bonds. The fraction of sp³-hybridized carbons (Fsp3) is 0.444. The Balaban J connectivity index is 1.81. The minimum Gasteiger partial charge on any atom is -0.370 e. The Morgan fingerprint density at radius 2 is 2.54 bits per heavy atom. The molecule has 70 valence electrons. The molecular formula is C9H13N3S. The zero-order valence-corrected chi connectivity index (χ0v) is 8.18. The molecule has 1 aliphatic rings. The van der Waals surface area contributed by atoms with Gasteiger partial charge in [0.05, 0.1) is 6.54 Å². The van der Waals surface area contributed by atoms with Crippen molar-refractivity contribution in [1.82, 2.24) is 5.32 Å². The van der Waals surface area contributed by atoms with Crippen LogP contribution in [-0.2, 0) is 6.54 Å². The highest BCUT2D eigenvalue weighted by Crippen LogP contribution is 2.18. The first-order valence-corrected chi connectivity index (χ1v) is 5.31. The largest absolute Gasteiger partial charge is 0.370 e. The van der Waals surface area contributed by atoms with Crippen molar-refractivity contribution in [2.24, 2.45) is 10.7 Å². The predicted octanol–water partition coefficient (Wildman–Crippen LogP) is 1.31. The molecule has 2 rings (SSSR count). The minimum atomic E-state index is 0.580. The molecule has 4 heteroatoms. The van der Waals surface area contributed by atoms with Crippen molar-refractivity contribution >= 4 is 17.3 Å². The van der Waals surface area contributed by atoms with Crippen molar-refractivity contribution in [3.63, 3.8) is 0 Å². The Morgan fingerprint density at radius 3 is 3.15 bits per heavy atom. The number of thiophene rings is 1. The molecule has 1 heterocycles. The van der Waals surface area contributed by atoms with Gasteiger partial charge >= 0.3 is 0 Å². The Labute approximate surface area is 81.7 Å². The monoisotopic (exact) mass is 195 g/mol. The summed E-state index contributed by atoms with van der Waals surface area (Å²) in [7, 11) is 0. The van der Waals surface area contributed by atoms with Crippen LogP contribution < -0.4 is 11.1 Å². The van der Waals surface area contributed by atoms with Crippen molar-refractivity contribution in [2.45, 2.75) is 25.4 Å². The summed E-state index contributed by atoms with van der Waals surface area (Å²) in [5.41, 5.74) is 5.67. The standard InChI is InChI=1S/C9H13N3S/c10-9(12-7-3-4-7)11-6-8-2-1-5-13-8/h1-2,5,7H,3-4,6H2,(H3,10,11,12). The molecule has 0 aliphatic heterocycles. The lowest BCUT2D eigenvalue weighted by atomic mass is 10.5. The molecule has 0 saturated heterocycles. The van der Waals surface area contributed by atoms with E-state index in [1.54, 1.807) is 11.3 Å². The molecule has 1 fully saturated rings. The highest BCUT2D eigenvalue weighted by molar-refractivity contribution is 7.09. The molecule has 0 atom stereocenters. The molecule has 1 aromatic heterocycles. The van der Waals surface area contributed by atoms with Gasteiger partial charge in [-0.05, 0) is 24.3 Å². The lowest BCUT2D eigenvalue weighted by Gasteiger charge is -2.01. The zero-order valence-electron chi connectivity index (χ0n) is 7.36. The number of hydrogen-bond donors (Lipinski definition) is 2. The van der Waals surface area contributed by atoms with Crippen LogP contribution in [0.25, 0.3) is 0 Å². The maximum absolute atomic E-state index is 5.67. The molecule has 0 unspecified atom stereocenters. The summed E-state index contributed by atoms with van der Waals surface area (Å²) in [4.78, 5) is 5.49. The summed E-state index contributed by atoms with van der Waals surface area (Å²) in [5.74, 6) is 0.580. The average molecular weight is 195 g/mol. The van der Waals surface area contributed by atoms with Crippen molar-refractivity contribution in [3.8, 4) is 0 Å². The zero-order chi connectivity index (χ0) is 9.10. The lowest BCUT2D eigenvalue weighted by Crippen LogP contribution is -2.33. The molecule has 13 heavy (non-hydrogen) atoms. The highest BCUT2D eigenvalue weighted by atomic mass is 32.1. The van der Waals surface area contributed by atoms with Gasteiger partial charge in [-0.15, -0.1) is 11.3 Å². The normalized spacial score (nSPS) is 17.4. The number of nitrogens with two attached hydrogens (primary N) is 1. The topological polar surface area (TPSA) is 50.4 Å². The van der Waals surface area contributed by atoms with Crippen molar-refractivity contribution in [3.05, 3.63) is 22.4 Å². The lowest BCUT2D eigenvalue weighted by molar-refractivity contribution is 0.881. The van der Waals surface area contributed by atoms with Gasteiger partial charge in [-0.3, -0.25) is 0 Å². The quantitative estimate of drug-likeness (QED) is 0.564. The van der Waals surface area contributed by atoms with Gasteiger partial charge in [0.1, 0.15) is 0 Å². The smallest absolute Gasteiger partial charge is 0.189 e. The summed E-state index contributed by atoms with van der Waals surface area (Å²) in [6.07, 6.45) is 2.46. The molecular weight excluding hydrogens is 182 g/mol. The van der Waals surface area contributed by atoms with Crippen molar-refractivity contribution in [1.29, 1.82) is 0 Å². The molecule has 0 radical (unpaired) electrons. The van der Waals surface area contributed by atoms with E-state index in [0.29, 0.717) is 18.5 Å². The van der Waals surface area contributed by atoms with Gasteiger partial charge in [-0.2, -0.15) is 0 Å². The molecule has 1 saturated carbocycles. The second-order valence-corrected chi connectivity index (χ2v) is 4.23. The molecule has 1 aliphatic carbocycles. The first-order chi connectivity index (χ1) is 6.34. The number of nitrogens with zero attached hydrogens (tertiary/aromatic N) is 1. The summed E-state index contributed by atoms with van der Waals surface area (Å²) in [6, 6.07) is 4.69. The second-order valence-electron chi connectivity index (χ2n) is 3.20. The van der Waals surface area contributed by atoms with E-state index in [4.69, 9.17) is 5.73 Å². The van der Waals surface area contributed by atoms with Gasteiger partial charge in [0.2, 0.25) is 0 Å². The van der Waals surface area contributed by atoms with Gasteiger partial charge < -0.3 is 11.1 Å². The van der Waals surface area contributed by atoms with E-state index in [2.05, 4.69) is 21.8 Å². The Bertz CT molecular complexity index is 288. The Kier molecular flexibility index (Phi) is 2.49. The SMILES string of the molecule is NC(=NCc1cccs1)NC1CC1.